The largest absolute Gasteiger partial charge is 0.481 e. The molecule has 0 aromatic carbocycles. The average Bonchev–Trinajstić information content (AvgIpc) is 2.49. The minimum absolute atomic E-state index is 0.215. The first-order valence-corrected chi connectivity index (χ1v) is 9.89. The third-order valence-electron chi connectivity index (χ3n) is 5.63. The third-order valence-corrected chi connectivity index (χ3v) is 5.63. The Kier molecular flexibility index (Phi) is 8.54. The van der Waals surface area contributed by atoms with Gasteiger partial charge in [0.2, 0.25) is 0 Å². The summed E-state index contributed by atoms with van der Waals surface area (Å²) in [5, 5.41) is 30.0. The lowest BCUT2D eigenvalue weighted by Crippen LogP contribution is -2.59. The molecule has 6 heteroatoms. The highest BCUT2D eigenvalue weighted by molar-refractivity contribution is 5.69. The van der Waals surface area contributed by atoms with Crippen LogP contribution in [0.15, 0.2) is 0 Å². The molecule has 152 valence electrons. The van der Waals surface area contributed by atoms with Crippen molar-refractivity contribution in [3.63, 3.8) is 0 Å². The van der Waals surface area contributed by atoms with Gasteiger partial charge in [-0.25, -0.2) is 0 Å². The molecular formula is C20H37NO5. The predicted octanol–water partition coefficient (Wildman–Crippen LogP) is 4.55. The molecule has 0 amide bonds. The van der Waals surface area contributed by atoms with Crippen molar-refractivity contribution in [3.8, 4) is 0 Å². The molecule has 0 spiro atoms. The Morgan fingerprint density at radius 3 is 1.96 bits per heavy atom. The SMILES string of the molecule is CC1(C)CC(CC(CCCCCCCC(=O)O)C(=O)O)CC(C)(C)N1O. The van der Waals surface area contributed by atoms with Crippen molar-refractivity contribution in [3.05, 3.63) is 0 Å². The van der Waals surface area contributed by atoms with Gasteiger partial charge in [-0.1, -0.05) is 25.7 Å². The van der Waals surface area contributed by atoms with Crippen LogP contribution in [0.4, 0.5) is 0 Å². The van der Waals surface area contributed by atoms with E-state index in [0.29, 0.717) is 25.2 Å². The molecule has 0 bridgehead atoms. The van der Waals surface area contributed by atoms with Crippen LogP contribution in [-0.4, -0.2) is 43.5 Å². The molecule has 0 aromatic heterocycles. The summed E-state index contributed by atoms with van der Waals surface area (Å²) in [4.78, 5) is 22.1. The van der Waals surface area contributed by atoms with Gasteiger partial charge >= 0.3 is 11.9 Å². The number of aliphatic carboxylic acids is 2. The second-order valence-electron chi connectivity index (χ2n) is 9.18. The molecule has 0 aliphatic carbocycles. The van der Waals surface area contributed by atoms with Crippen LogP contribution in [0.5, 0.6) is 0 Å². The highest BCUT2D eigenvalue weighted by Gasteiger charge is 2.45. The molecule has 3 N–H and O–H groups in total. The third kappa shape index (κ3) is 7.23. The van der Waals surface area contributed by atoms with E-state index in [1.54, 1.807) is 0 Å². The van der Waals surface area contributed by atoms with Gasteiger partial charge in [0.1, 0.15) is 0 Å². The van der Waals surface area contributed by atoms with Gasteiger partial charge in [0, 0.05) is 17.5 Å². The number of carboxylic acids is 2. The summed E-state index contributed by atoms with van der Waals surface area (Å²) in [7, 11) is 0. The summed E-state index contributed by atoms with van der Waals surface area (Å²) >= 11 is 0. The van der Waals surface area contributed by atoms with E-state index in [4.69, 9.17) is 5.11 Å². The maximum absolute atomic E-state index is 11.7. The Morgan fingerprint density at radius 1 is 0.962 bits per heavy atom. The van der Waals surface area contributed by atoms with Gasteiger partial charge in [-0.3, -0.25) is 9.59 Å². The molecule has 1 rings (SSSR count). The Labute approximate surface area is 157 Å². The van der Waals surface area contributed by atoms with Crippen LogP contribution in [0, 0.1) is 11.8 Å². The molecular weight excluding hydrogens is 334 g/mol. The van der Waals surface area contributed by atoms with E-state index in [-0.39, 0.29) is 23.4 Å². The number of carbonyl (C=O) groups is 2. The molecule has 1 saturated heterocycles. The molecule has 6 nitrogen and oxygen atoms in total. The monoisotopic (exact) mass is 371 g/mol. The Balaban J connectivity index is 2.43. The lowest BCUT2D eigenvalue weighted by atomic mass is 9.72. The lowest BCUT2D eigenvalue weighted by Gasteiger charge is -2.52. The number of hydrogen-bond donors (Lipinski definition) is 3. The number of hydrogen-bond acceptors (Lipinski definition) is 4. The Bertz CT molecular complexity index is 457. The zero-order valence-corrected chi connectivity index (χ0v) is 16.8. The Hall–Kier alpha value is -1.14. The van der Waals surface area contributed by atoms with Crippen LogP contribution in [0.1, 0.15) is 91.9 Å². The number of nitrogens with zero attached hydrogens (tertiary/aromatic N) is 1. The fourth-order valence-corrected chi connectivity index (χ4v) is 4.59. The maximum Gasteiger partial charge on any atom is 0.306 e. The van der Waals surface area contributed by atoms with Crippen LogP contribution < -0.4 is 0 Å². The van der Waals surface area contributed by atoms with Gasteiger partial charge in [0.25, 0.3) is 0 Å². The quantitative estimate of drug-likeness (QED) is 0.461. The summed E-state index contributed by atoms with van der Waals surface area (Å²) in [6, 6.07) is 0. The summed E-state index contributed by atoms with van der Waals surface area (Å²) in [6.07, 6.45) is 7.52. The van der Waals surface area contributed by atoms with E-state index in [1.165, 1.54) is 5.06 Å². The minimum atomic E-state index is -0.754. The van der Waals surface area contributed by atoms with Crippen LogP contribution >= 0.6 is 0 Å². The van der Waals surface area contributed by atoms with Gasteiger partial charge in [-0.15, -0.1) is 0 Å². The average molecular weight is 372 g/mol. The number of piperidine rings is 1. The number of carboxylic acid groups (broad SMARTS) is 2. The zero-order chi connectivity index (χ0) is 20.0. The molecule has 1 unspecified atom stereocenters. The van der Waals surface area contributed by atoms with Crippen LogP contribution in [-0.2, 0) is 9.59 Å². The number of unbranched alkanes of at least 4 members (excludes halogenated alkanes) is 4. The first-order chi connectivity index (χ1) is 12.0. The van der Waals surface area contributed by atoms with Crippen molar-refractivity contribution in [2.45, 2.75) is 103 Å². The highest BCUT2D eigenvalue weighted by Crippen LogP contribution is 2.42. The van der Waals surface area contributed by atoms with Gasteiger partial charge in [-0.05, 0) is 65.7 Å². The van der Waals surface area contributed by atoms with Crippen molar-refractivity contribution in [2.24, 2.45) is 11.8 Å². The summed E-state index contributed by atoms with van der Waals surface area (Å²) in [5.41, 5.74) is -0.695. The van der Waals surface area contributed by atoms with E-state index in [0.717, 1.165) is 38.5 Å². The van der Waals surface area contributed by atoms with Crippen molar-refractivity contribution in [1.82, 2.24) is 5.06 Å². The van der Waals surface area contributed by atoms with Crippen molar-refractivity contribution >= 4 is 11.9 Å². The summed E-state index contributed by atoms with van der Waals surface area (Å²) in [6.45, 7) is 8.03. The van der Waals surface area contributed by atoms with Gasteiger partial charge in [0.15, 0.2) is 0 Å². The molecule has 1 fully saturated rings. The smallest absolute Gasteiger partial charge is 0.306 e. The maximum atomic E-state index is 11.7. The van der Waals surface area contributed by atoms with Gasteiger partial charge < -0.3 is 15.4 Å². The number of hydroxylamine groups is 2. The molecule has 0 radical (unpaired) electrons. The normalized spacial score (nSPS) is 21.4. The minimum Gasteiger partial charge on any atom is -0.481 e. The van der Waals surface area contributed by atoms with Crippen molar-refractivity contribution < 1.29 is 25.0 Å². The molecule has 0 saturated carbocycles. The molecule has 1 aliphatic rings. The summed E-state index contributed by atoms with van der Waals surface area (Å²) in [5.74, 6) is -1.52. The van der Waals surface area contributed by atoms with E-state index in [9.17, 15) is 19.9 Å². The predicted molar refractivity (Wildman–Crippen MR) is 100 cm³/mol. The van der Waals surface area contributed by atoms with Gasteiger partial charge in [0.05, 0.1) is 5.92 Å². The first kappa shape index (κ1) is 22.9. The van der Waals surface area contributed by atoms with E-state index in [1.807, 2.05) is 27.7 Å². The standard InChI is InChI=1S/C20H37NO5/c1-19(2)13-15(14-20(3,4)21(19)26)12-16(18(24)25)10-8-6-5-7-9-11-17(22)23/h15-16,26H,5-14H2,1-4H3,(H,22,23)(H,24,25). The molecule has 1 atom stereocenters. The highest BCUT2D eigenvalue weighted by atomic mass is 16.5. The second-order valence-corrected chi connectivity index (χ2v) is 9.18. The summed E-state index contributed by atoms with van der Waals surface area (Å²) < 4.78 is 0. The van der Waals surface area contributed by atoms with Crippen LogP contribution in [0.2, 0.25) is 0 Å². The van der Waals surface area contributed by atoms with E-state index < -0.39 is 11.9 Å². The molecule has 0 aromatic rings. The van der Waals surface area contributed by atoms with Crippen LogP contribution in [0.25, 0.3) is 0 Å². The van der Waals surface area contributed by atoms with Gasteiger partial charge in [-0.2, -0.15) is 5.06 Å². The lowest BCUT2D eigenvalue weighted by molar-refractivity contribution is -0.252. The number of rotatable bonds is 11. The topological polar surface area (TPSA) is 98.1 Å². The molecule has 26 heavy (non-hydrogen) atoms. The Morgan fingerprint density at radius 2 is 1.46 bits per heavy atom. The van der Waals surface area contributed by atoms with Crippen molar-refractivity contribution in [2.75, 3.05) is 0 Å². The molecule has 1 heterocycles. The van der Waals surface area contributed by atoms with E-state index in [2.05, 4.69) is 0 Å². The fourth-order valence-electron chi connectivity index (χ4n) is 4.59. The van der Waals surface area contributed by atoms with Crippen molar-refractivity contribution in [1.29, 1.82) is 0 Å². The van der Waals surface area contributed by atoms with E-state index >= 15 is 0 Å². The zero-order valence-electron chi connectivity index (χ0n) is 16.8. The fraction of sp³-hybridized carbons (Fsp3) is 0.900. The second kappa shape index (κ2) is 9.70. The first-order valence-electron chi connectivity index (χ1n) is 9.89. The molecule has 1 aliphatic heterocycles. The van der Waals surface area contributed by atoms with Crippen LogP contribution in [0.3, 0.4) is 0 Å².